The van der Waals surface area contributed by atoms with Crippen molar-refractivity contribution in [3.05, 3.63) is 40.9 Å². The number of ether oxygens (including phenoxy) is 2. The molecular weight excluding hydrogens is 326 g/mol. The fraction of sp³-hybridized carbons (Fsp3) is 0.412. The van der Waals surface area contributed by atoms with E-state index in [9.17, 15) is 4.79 Å². The van der Waals surface area contributed by atoms with Gasteiger partial charge < -0.3 is 14.8 Å². The Bertz CT molecular complexity index is 666. The van der Waals surface area contributed by atoms with Crippen LogP contribution in [0.15, 0.2) is 29.6 Å². The van der Waals surface area contributed by atoms with Gasteiger partial charge in [-0.1, -0.05) is 12.1 Å². The molecule has 2 aromatic rings. The molecule has 1 amide bonds. The summed E-state index contributed by atoms with van der Waals surface area (Å²) >= 11 is 1.46. The summed E-state index contributed by atoms with van der Waals surface area (Å²) in [5.74, 6) is 0.722. The van der Waals surface area contributed by atoms with Crippen LogP contribution in [0.4, 0.5) is 5.13 Å². The maximum Gasteiger partial charge on any atom is 0.230 e. The summed E-state index contributed by atoms with van der Waals surface area (Å²) in [4.78, 5) is 18.9. The Morgan fingerprint density at radius 2 is 2.08 bits per heavy atom. The summed E-state index contributed by atoms with van der Waals surface area (Å²) in [5, 5.41) is 5.52. The van der Waals surface area contributed by atoms with Gasteiger partial charge in [-0.25, -0.2) is 4.98 Å². The summed E-state index contributed by atoms with van der Waals surface area (Å²) < 4.78 is 10.5. The van der Waals surface area contributed by atoms with Crippen molar-refractivity contribution in [2.24, 2.45) is 0 Å². The summed E-state index contributed by atoms with van der Waals surface area (Å²) in [6.07, 6.45) is 0.322. The Kier molecular flexibility index (Phi) is 5.79. The standard InChI is InChI=1S/C17H21N3O3S/c1-22-15-4-2-13(3-5-15)10-16(21)19-17-18-14(12-24-17)11-20-6-8-23-9-7-20/h2-5,12H,6-11H2,1H3,(H,18,19,21). The Hall–Kier alpha value is -1.96. The number of amides is 1. The van der Waals surface area contributed by atoms with Crippen LogP contribution in [0, 0.1) is 0 Å². The zero-order valence-corrected chi connectivity index (χ0v) is 14.5. The number of carbonyl (C=O) groups excluding carboxylic acids is 1. The number of anilines is 1. The average molecular weight is 347 g/mol. The predicted molar refractivity (Wildman–Crippen MR) is 93.5 cm³/mol. The normalized spacial score (nSPS) is 15.2. The van der Waals surface area contributed by atoms with Crippen LogP contribution < -0.4 is 10.1 Å². The molecule has 1 fully saturated rings. The molecule has 2 heterocycles. The lowest BCUT2D eigenvalue weighted by molar-refractivity contribution is -0.115. The molecule has 0 spiro atoms. The van der Waals surface area contributed by atoms with Crippen LogP contribution in [0.5, 0.6) is 5.75 Å². The molecule has 0 aliphatic carbocycles. The van der Waals surface area contributed by atoms with Gasteiger partial charge in [0.15, 0.2) is 5.13 Å². The predicted octanol–water partition coefficient (Wildman–Crippen LogP) is 2.17. The first-order chi connectivity index (χ1) is 11.7. The van der Waals surface area contributed by atoms with E-state index in [0.29, 0.717) is 11.6 Å². The monoisotopic (exact) mass is 347 g/mol. The van der Waals surface area contributed by atoms with Crippen molar-refractivity contribution in [2.75, 3.05) is 38.7 Å². The first-order valence-electron chi connectivity index (χ1n) is 7.90. The number of aromatic nitrogens is 1. The minimum Gasteiger partial charge on any atom is -0.497 e. The topological polar surface area (TPSA) is 63.7 Å². The van der Waals surface area contributed by atoms with Gasteiger partial charge >= 0.3 is 0 Å². The molecule has 0 atom stereocenters. The van der Waals surface area contributed by atoms with Crippen LogP contribution in [0.1, 0.15) is 11.3 Å². The van der Waals surface area contributed by atoms with Crippen molar-refractivity contribution >= 4 is 22.4 Å². The van der Waals surface area contributed by atoms with Crippen molar-refractivity contribution in [1.29, 1.82) is 0 Å². The molecule has 1 saturated heterocycles. The summed E-state index contributed by atoms with van der Waals surface area (Å²) in [6.45, 7) is 4.20. The maximum atomic E-state index is 12.1. The number of hydrogen-bond donors (Lipinski definition) is 1. The third-order valence-corrected chi connectivity index (χ3v) is 4.62. The highest BCUT2D eigenvalue weighted by atomic mass is 32.1. The van der Waals surface area contributed by atoms with Crippen molar-refractivity contribution < 1.29 is 14.3 Å². The fourth-order valence-electron chi connectivity index (χ4n) is 2.52. The van der Waals surface area contributed by atoms with Gasteiger partial charge in [0.1, 0.15) is 5.75 Å². The van der Waals surface area contributed by atoms with Crippen LogP contribution in [0.2, 0.25) is 0 Å². The van der Waals surface area contributed by atoms with Crippen molar-refractivity contribution in [3.63, 3.8) is 0 Å². The quantitative estimate of drug-likeness (QED) is 0.868. The highest BCUT2D eigenvalue weighted by molar-refractivity contribution is 7.13. The first-order valence-corrected chi connectivity index (χ1v) is 8.78. The summed E-state index contributed by atoms with van der Waals surface area (Å²) in [7, 11) is 1.62. The van der Waals surface area contributed by atoms with Gasteiger partial charge in [-0.3, -0.25) is 9.69 Å². The van der Waals surface area contributed by atoms with Gasteiger partial charge in [-0.15, -0.1) is 11.3 Å². The summed E-state index contributed by atoms with van der Waals surface area (Å²) in [6, 6.07) is 7.49. The molecule has 1 aromatic carbocycles. The zero-order valence-electron chi connectivity index (χ0n) is 13.7. The number of methoxy groups -OCH3 is 1. The Balaban J connectivity index is 1.50. The molecular formula is C17H21N3O3S. The Morgan fingerprint density at radius 3 is 2.79 bits per heavy atom. The number of rotatable bonds is 6. The van der Waals surface area contributed by atoms with Crippen LogP contribution >= 0.6 is 11.3 Å². The van der Waals surface area contributed by atoms with Gasteiger partial charge in [-0.2, -0.15) is 0 Å². The van der Waals surface area contributed by atoms with E-state index in [0.717, 1.165) is 49.9 Å². The lowest BCUT2D eigenvalue weighted by atomic mass is 10.1. The molecule has 3 rings (SSSR count). The van der Waals surface area contributed by atoms with Gasteiger partial charge in [-0.05, 0) is 17.7 Å². The fourth-order valence-corrected chi connectivity index (χ4v) is 3.24. The molecule has 0 bridgehead atoms. The SMILES string of the molecule is COc1ccc(CC(=O)Nc2nc(CN3CCOCC3)cs2)cc1. The van der Waals surface area contributed by atoms with Gasteiger partial charge in [0.25, 0.3) is 0 Å². The van der Waals surface area contributed by atoms with Crippen LogP contribution in [0.3, 0.4) is 0 Å². The molecule has 24 heavy (non-hydrogen) atoms. The lowest BCUT2D eigenvalue weighted by Crippen LogP contribution is -2.35. The smallest absolute Gasteiger partial charge is 0.230 e. The zero-order chi connectivity index (χ0) is 16.8. The molecule has 1 N–H and O–H groups in total. The third-order valence-electron chi connectivity index (χ3n) is 3.81. The second-order valence-corrected chi connectivity index (χ2v) is 6.46. The molecule has 0 unspecified atom stereocenters. The summed E-state index contributed by atoms with van der Waals surface area (Å²) in [5.41, 5.74) is 1.93. The third kappa shape index (κ3) is 4.77. The number of benzene rings is 1. The van der Waals surface area contributed by atoms with Crippen molar-refractivity contribution in [1.82, 2.24) is 9.88 Å². The molecule has 128 valence electrons. The highest BCUT2D eigenvalue weighted by Gasteiger charge is 2.13. The lowest BCUT2D eigenvalue weighted by Gasteiger charge is -2.25. The van der Waals surface area contributed by atoms with Crippen LogP contribution in [-0.4, -0.2) is 49.2 Å². The molecule has 1 aliphatic heterocycles. The van der Waals surface area contributed by atoms with E-state index in [1.54, 1.807) is 7.11 Å². The van der Waals surface area contributed by atoms with E-state index in [-0.39, 0.29) is 5.91 Å². The van der Waals surface area contributed by atoms with Gasteiger partial charge in [0.2, 0.25) is 5.91 Å². The van der Waals surface area contributed by atoms with Crippen molar-refractivity contribution in [3.8, 4) is 5.75 Å². The second kappa shape index (κ2) is 8.23. The largest absolute Gasteiger partial charge is 0.497 e. The van der Waals surface area contributed by atoms with Gasteiger partial charge in [0.05, 0.1) is 32.4 Å². The number of carbonyl (C=O) groups is 1. The van der Waals surface area contributed by atoms with E-state index in [1.165, 1.54) is 11.3 Å². The number of hydrogen-bond acceptors (Lipinski definition) is 6. The first kappa shape index (κ1) is 16.9. The number of morpholine rings is 1. The van der Waals surface area contributed by atoms with Crippen LogP contribution in [0.25, 0.3) is 0 Å². The Morgan fingerprint density at radius 1 is 1.33 bits per heavy atom. The van der Waals surface area contributed by atoms with E-state index in [1.807, 2.05) is 29.6 Å². The molecule has 1 aliphatic rings. The second-order valence-electron chi connectivity index (χ2n) is 5.61. The van der Waals surface area contributed by atoms with Crippen molar-refractivity contribution in [2.45, 2.75) is 13.0 Å². The van der Waals surface area contributed by atoms with E-state index in [2.05, 4.69) is 15.2 Å². The Labute approximate surface area is 145 Å². The minimum absolute atomic E-state index is 0.0626. The van der Waals surface area contributed by atoms with E-state index < -0.39 is 0 Å². The molecule has 1 aromatic heterocycles. The van der Waals surface area contributed by atoms with Gasteiger partial charge in [0, 0.05) is 25.0 Å². The molecule has 6 nitrogen and oxygen atoms in total. The average Bonchev–Trinajstić information content (AvgIpc) is 3.03. The van der Waals surface area contributed by atoms with Crippen LogP contribution in [-0.2, 0) is 22.5 Å². The maximum absolute atomic E-state index is 12.1. The number of nitrogens with one attached hydrogen (secondary N) is 1. The molecule has 0 saturated carbocycles. The molecule has 7 heteroatoms. The highest BCUT2D eigenvalue weighted by Crippen LogP contribution is 2.18. The molecule has 0 radical (unpaired) electrons. The number of nitrogens with zero attached hydrogens (tertiary/aromatic N) is 2. The minimum atomic E-state index is -0.0626. The van der Waals surface area contributed by atoms with E-state index in [4.69, 9.17) is 9.47 Å². The van der Waals surface area contributed by atoms with E-state index >= 15 is 0 Å². The number of thiazole rings is 1.